The monoisotopic (exact) mass is 355 g/mol. The van der Waals surface area contributed by atoms with Gasteiger partial charge in [0.05, 0.1) is 25.5 Å². The molecule has 0 aliphatic carbocycles. The maximum atomic E-state index is 12.4. The molecule has 0 unspecified atom stereocenters. The van der Waals surface area contributed by atoms with Crippen molar-refractivity contribution in [3.8, 4) is 11.5 Å². The van der Waals surface area contributed by atoms with Crippen molar-refractivity contribution in [2.24, 2.45) is 0 Å². The molecule has 2 aromatic heterocycles. The Morgan fingerprint density at radius 2 is 1.88 bits per heavy atom. The number of benzene rings is 1. The Bertz CT molecular complexity index is 908. The summed E-state index contributed by atoms with van der Waals surface area (Å²) in [5.74, 6) is 2.20. The van der Waals surface area contributed by atoms with Crippen LogP contribution in [0.3, 0.4) is 0 Å². The van der Waals surface area contributed by atoms with E-state index in [9.17, 15) is 4.79 Å². The van der Waals surface area contributed by atoms with Gasteiger partial charge in [-0.15, -0.1) is 0 Å². The molecule has 0 spiro atoms. The zero-order valence-corrected chi connectivity index (χ0v) is 14.4. The predicted octanol–water partition coefficient (Wildman–Crippen LogP) is 2.79. The number of nitrogens with zero attached hydrogens (tertiary/aromatic N) is 3. The normalized spacial score (nSPS) is 10.3. The number of carbonyl (C=O) groups excluding carboxylic acids is 1. The quantitative estimate of drug-likeness (QED) is 0.694. The molecule has 0 saturated heterocycles. The van der Waals surface area contributed by atoms with E-state index in [2.05, 4.69) is 25.8 Å². The van der Waals surface area contributed by atoms with Crippen LogP contribution in [-0.2, 0) is 0 Å². The van der Waals surface area contributed by atoms with E-state index in [4.69, 9.17) is 14.0 Å². The van der Waals surface area contributed by atoms with Crippen molar-refractivity contribution in [2.45, 2.75) is 6.92 Å². The summed E-state index contributed by atoms with van der Waals surface area (Å²) >= 11 is 0. The molecule has 9 heteroatoms. The maximum Gasteiger partial charge on any atom is 0.258 e. The van der Waals surface area contributed by atoms with Crippen LogP contribution in [0.5, 0.6) is 11.5 Å². The van der Waals surface area contributed by atoms with Gasteiger partial charge in [0.1, 0.15) is 17.3 Å². The average molecular weight is 355 g/mol. The lowest BCUT2D eigenvalue weighted by atomic mass is 10.2. The summed E-state index contributed by atoms with van der Waals surface area (Å²) in [6.07, 6.45) is 2.82. The first-order chi connectivity index (χ1) is 12.6. The van der Waals surface area contributed by atoms with E-state index in [1.54, 1.807) is 38.3 Å². The minimum absolute atomic E-state index is 0.296. The minimum atomic E-state index is -0.364. The van der Waals surface area contributed by atoms with Crippen LogP contribution < -0.4 is 20.1 Å². The van der Waals surface area contributed by atoms with Gasteiger partial charge in [-0.2, -0.15) is 0 Å². The highest BCUT2D eigenvalue weighted by Gasteiger charge is 2.12. The van der Waals surface area contributed by atoms with Gasteiger partial charge < -0.3 is 24.6 Å². The fraction of sp³-hybridized carbons (Fsp3) is 0.176. The van der Waals surface area contributed by atoms with Gasteiger partial charge >= 0.3 is 0 Å². The van der Waals surface area contributed by atoms with Crippen molar-refractivity contribution in [2.75, 3.05) is 24.9 Å². The number of hydrogen-bond donors (Lipinski definition) is 2. The summed E-state index contributed by atoms with van der Waals surface area (Å²) in [5, 5.41) is 9.42. The Morgan fingerprint density at radius 1 is 1.12 bits per heavy atom. The lowest BCUT2D eigenvalue weighted by Gasteiger charge is -2.11. The molecule has 0 aliphatic rings. The molecule has 1 aromatic carbocycles. The summed E-state index contributed by atoms with van der Waals surface area (Å²) in [6.45, 7) is 1.78. The Balaban J connectivity index is 1.70. The lowest BCUT2D eigenvalue weighted by molar-refractivity contribution is 0.102. The third-order valence-electron chi connectivity index (χ3n) is 3.44. The van der Waals surface area contributed by atoms with E-state index in [1.165, 1.54) is 19.5 Å². The SMILES string of the molecule is COc1ccc(NC(=O)c2cnc(Nc3cc(C)on3)nc2)c(OC)c1. The summed E-state index contributed by atoms with van der Waals surface area (Å²) in [5.41, 5.74) is 0.809. The fourth-order valence-electron chi connectivity index (χ4n) is 2.15. The molecule has 1 amide bonds. The number of amides is 1. The molecular formula is C17H17N5O4. The van der Waals surface area contributed by atoms with Crippen molar-refractivity contribution >= 4 is 23.4 Å². The number of aromatic nitrogens is 3. The number of carbonyl (C=O) groups is 1. The Hall–Kier alpha value is -3.62. The van der Waals surface area contributed by atoms with Gasteiger partial charge in [-0.3, -0.25) is 4.79 Å². The third-order valence-corrected chi connectivity index (χ3v) is 3.44. The van der Waals surface area contributed by atoms with Crippen LogP contribution in [0, 0.1) is 6.92 Å². The second-order valence-electron chi connectivity index (χ2n) is 5.26. The van der Waals surface area contributed by atoms with Crippen molar-refractivity contribution < 1.29 is 18.8 Å². The summed E-state index contributed by atoms with van der Waals surface area (Å²) in [7, 11) is 3.07. The molecule has 2 heterocycles. The largest absolute Gasteiger partial charge is 0.497 e. The zero-order chi connectivity index (χ0) is 18.5. The minimum Gasteiger partial charge on any atom is -0.497 e. The molecule has 0 bridgehead atoms. The van der Waals surface area contributed by atoms with Gasteiger partial charge in [0.2, 0.25) is 5.95 Å². The number of rotatable bonds is 6. The Labute approximate surface area is 149 Å². The van der Waals surface area contributed by atoms with Gasteiger partial charge in [-0.25, -0.2) is 9.97 Å². The maximum absolute atomic E-state index is 12.4. The molecule has 3 aromatic rings. The first kappa shape index (κ1) is 17.2. The van der Waals surface area contributed by atoms with Gasteiger partial charge in [0.15, 0.2) is 5.82 Å². The van der Waals surface area contributed by atoms with Crippen LogP contribution in [0.25, 0.3) is 0 Å². The highest BCUT2D eigenvalue weighted by atomic mass is 16.5. The molecular weight excluding hydrogens is 338 g/mol. The number of nitrogens with one attached hydrogen (secondary N) is 2. The van der Waals surface area contributed by atoms with E-state index in [0.29, 0.717) is 40.3 Å². The molecule has 0 fully saturated rings. The second kappa shape index (κ2) is 7.51. The van der Waals surface area contributed by atoms with Crippen LogP contribution in [0.2, 0.25) is 0 Å². The topological polar surface area (TPSA) is 111 Å². The van der Waals surface area contributed by atoms with Crippen LogP contribution in [0.4, 0.5) is 17.5 Å². The molecule has 0 saturated carbocycles. The number of hydrogen-bond acceptors (Lipinski definition) is 8. The molecule has 0 radical (unpaired) electrons. The van der Waals surface area contributed by atoms with Crippen LogP contribution >= 0.6 is 0 Å². The Morgan fingerprint density at radius 3 is 2.50 bits per heavy atom. The van der Waals surface area contributed by atoms with E-state index >= 15 is 0 Å². The first-order valence-electron chi connectivity index (χ1n) is 7.65. The number of ether oxygens (including phenoxy) is 2. The summed E-state index contributed by atoms with van der Waals surface area (Å²) in [6, 6.07) is 6.81. The molecule has 26 heavy (non-hydrogen) atoms. The highest BCUT2D eigenvalue weighted by molar-refractivity contribution is 6.04. The van der Waals surface area contributed by atoms with Crippen molar-refractivity contribution in [1.29, 1.82) is 0 Å². The lowest BCUT2D eigenvalue weighted by Crippen LogP contribution is -2.13. The molecule has 3 rings (SSSR count). The van der Waals surface area contributed by atoms with Crippen molar-refractivity contribution in [3.05, 3.63) is 48.0 Å². The summed E-state index contributed by atoms with van der Waals surface area (Å²) in [4.78, 5) is 20.6. The van der Waals surface area contributed by atoms with Gasteiger partial charge in [0.25, 0.3) is 5.91 Å². The Kier molecular flexibility index (Phi) is 4.97. The van der Waals surface area contributed by atoms with E-state index in [-0.39, 0.29) is 5.91 Å². The van der Waals surface area contributed by atoms with E-state index in [1.807, 2.05) is 0 Å². The molecule has 0 atom stereocenters. The third kappa shape index (κ3) is 3.89. The standard InChI is InChI=1S/C17H17N5O4/c1-10-6-15(22-26-10)21-17-18-8-11(9-19-17)16(23)20-13-5-4-12(24-2)7-14(13)25-3/h4-9H,1-3H3,(H,20,23)(H,18,19,21,22). The average Bonchev–Trinajstić information content (AvgIpc) is 3.07. The van der Waals surface area contributed by atoms with Crippen LogP contribution in [0.15, 0.2) is 41.2 Å². The zero-order valence-electron chi connectivity index (χ0n) is 14.4. The van der Waals surface area contributed by atoms with Gasteiger partial charge in [-0.1, -0.05) is 5.16 Å². The van der Waals surface area contributed by atoms with Crippen LogP contribution in [0.1, 0.15) is 16.1 Å². The first-order valence-corrected chi connectivity index (χ1v) is 7.65. The van der Waals surface area contributed by atoms with Crippen molar-refractivity contribution in [3.63, 3.8) is 0 Å². The number of anilines is 3. The van der Waals surface area contributed by atoms with Gasteiger partial charge in [0, 0.05) is 24.5 Å². The molecule has 134 valence electrons. The van der Waals surface area contributed by atoms with E-state index < -0.39 is 0 Å². The fourth-order valence-corrected chi connectivity index (χ4v) is 2.15. The molecule has 0 aliphatic heterocycles. The van der Waals surface area contributed by atoms with E-state index in [0.717, 1.165) is 0 Å². The smallest absolute Gasteiger partial charge is 0.258 e. The highest BCUT2D eigenvalue weighted by Crippen LogP contribution is 2.29. The number of methoxy groups -OCH3 is 2. The van der Waals surface area contributed by atoms with Gasteiger partial charge in [-0.05, 0) is 19.1 Å². The number of aryl methyl sites for hydroxylation is 1. The van der Waals surface area contributed by atoms with Crippen molar-refractivity contribution in [1.82, 2.24) is 15.1 Å². The molecule has 9 nitrogen and oxygen atoms in total. The second-order valence-corrected chi connectivity index (χ2v) is 5.26. The van der Waals surface area contributed by atoms with Crippen LogP contribution in [-0.4, -0.2) is 35.3 Å². The molecule has 2 N–H and O–H groups in total. The summed E-state index contributed by atoms with van der Waals surface area (Å²) < 4.78 is 15.3. The predicted molar refractivity (Wildman–Crippen MR) is 94.1 cm³/mol.